The third-order valence-electron chi connectivity index (χ3n) is 6.19. The number of likely N-dealkylation sites (tertiary alicyclic amines) is 1. The minimum absolute atomic E-state index is 0.229. The standard InChI is InChI=1S/C25H38N8O3/c1-25(2,27)23(35)32(15-10-28-18-34)16-11-29-22-9-14-33(24(36)30-22)21-5-3-19(4-6-21)17-31-12-7-20(26)8-13-31/h3-6,9,14,18,20H,7-8,10-13,15-17,26-27H2,1-2H3,(H,28,34)(H,29,30,36). The van der Waals surface area contributed by atoms with Crippen LogP contribution in [0.1, 0.15) is 32.3 Å². The Bertz CT molecular complexity index is 1060. The number of hydrogen-bond donors (Lipinski definition) is 4. The molecule has 0 saturated carbocycles. The van der Waals surface area contributed by atoms with Crippen molar-refractivity contribution in [2.45, 2.75) is 44.8 Å². The molecular formula is C25H38N8O3. The van der Waals surface area contributed by atoms with E-state index in [-0.39, 0.29) is 5.91 Å². The molecule has 2 aromatic rings. The van der Waals surface area contributed by atoms with E-state index in [1.54, 1.807) is 31.0 Å². The molecule has 0 atom stereocenters. The molecule has 1 aromatic carbocycles. The normalized spacial score (nSPS) is 14.9. The number of nitrogens with two attached hydrogens (primary N) is 2. The summed E-state index contributed by atoms with van der Waals surface area (Å²) < 4.78 is 1.49. The number of amides is 2. The molecule has 1 aliphatic heterocycles. The SMILES string of the molecule is CC(C)(N)C(=O)N(CCNC=O)CCNc1ccn(-c2ccc(CN3CCC(N)CC3)cc2)c(=O)n1. The van der Waals surface area contributed by atoms with Crippen molar-refractivity contribution in [2.75, 3.05) is 44.6 Å². The van der Waals surface area contributed by atoms with E-state index in [1.807, 2.05) is 24.3 Å². The number of carbonyl (C=O) groups excluding carboxylic acids is 2. The van der Waals surface area contributed by atoms with Crippen LogP contribution in [-0.2, 0) is 16.1 Å². The van der Waals surface area contributed by atoms with E-state index in [4.69, 9.17) is 11.5 Å². The van der Waals surface area contributed by atoms with Gasteiger partial charge in [0.25, 0.3) is 0 Å². The van der Waals surface area contributed by atoms with Gasteiger partial charge in [0.05, 0.1) is 11.2 Å². The van der Waals surface area contributed by atoms with Crippen LogP contribution in [-0.4, -0.2) is 82.5 Å². The van der Waals surface area contributed by atoms with Gasteiger partial charge in [-0.1, -0.05) is 12.1 Å². The van der Waals surface area contributed by atoms with Gasteiger partial charge in [-0.3, -0.25) is 19.1 Å². The third-order valence-corrected chi connectivity index (χ3v) is 6.19. The highest BCUT2D eigenvalue weighted by Crippen LogP contribution is 2.15. The molecule has 1 saturated heterocycles. The summed E-state index contributed by atoms with van der Waals surface area (Å²) in [5.74, 6) is 0.189. The van der Waals surface area contributed by atoms with Crippen molar-refractivity contribution in [3.63, 3.8) is 0 Å². The molecule has 1 aliphatic rings. The van der Waals surface area contributed by atoms with Crippen LogP contribution in [0, 0.1) is 0 Å². The highest BCUT2D eigenvalue weighted by atomic mass is 16.2. The summed E-state index contributed by atoms with van der Waals surface area (Å²) in [5, 5.41) is 5.63. The average Bonchev–Trinajstić information content (AvgIpc) is 2.84. The summed E-state index contributed by atoms with van der Waals surface area (Å²) in [4.78, 5) is 43.9. The van der Waals surface area contributed by atoms with E-state index in [0.717, 1.165) is 38.2 Å². The predicted molar refractivity (Wildman–Crippen MR) is 140 cm³/mol. The van der Waals surface area contributed by atoms with Gasteiger partial charge in [-0.05, 0) is 63.5 Å². The molecule has 0 aliphatic carbocycles. The Morgan fingerprint density at radius 2 is 1.83 bits per heavy atom. The van der Waals surface area contributed by atoms with Gasteiger partial charge in [0, 0.05) is 45.0 Å². The Balaban J connectivity index is 1.56. The molecule has 11 nitrogen and oxygen atoms in total. The van der Waals surface area contributed by atoms with Gasteiger partial charge in [0.15, 0.2) is 0 Å². The lowest BCUT2D eigenvalue weighted by atomic mass is 10.1. The highest BCUT2D eigenvalue weighted by molar-refractivity contribution is 5.85. The van der Waals surface area contributed by atoms with Crippen molar-refractivity contribution in [1.82, 2.24) is 24.7 Å². The van der Waals surface area contributed by atoms with Crippen LogP contribution in [0.5, 0.6) is 0 Å². The predicted octanol–water partition coefficient (Wildman–Crippen LogP) is -0.121. The molecule has 2 heterocycles. The first-order chi connectivity index (χ1) is 17.2. The summed E-state index contributed by atoms with van der Waals surface area (Å²) in [5.41, 5.74) is 12.4. The van der Waals surface area contributed by atoms with Crippen LogP contribution in [0.3, 0.4) is 0 Å². The summed E-state index contributed by atoms with van der Waals surface area (Å²) in [7, 11) is 0. The van der Waals surface area contributed by atoms with Crippen LogP contribution in [0.15, 0.2) is 41.3 Å². The lowest BCUT2D eigenvalue weighted by molar-refractivity contribution is -0.135. The van der Waals surface area contributed by atoms with E-state index in [9.17, 15) is 14.4 Å². The number of piperidine rings is 1. The highest BCUT2D eigenvalue weighted by Gasteiger charge is 2.27. The first kappa shape index (κ1) is 27.3. The number of nitrogens with zero attached hydrogens (tertiary/aromatic N) is 4. The van der Waals surface area contributed by atoms with Crippen LogP contribution < -0.4 is 27.8 Å². The zero-order chi connectivity index (χ0) is 26.1. The topological polar surface area (TPSA) is 152 Å². The molecule has 0 spiro atoms. The molecule has 1 fully saturated rings. The second-order valence-corrected chi connectivity index (χ2v) is 9.76. The Morgan fingerprint density at radius 3 is 2.44 bits per heavy atom. The van der Waals surface area contributed by atoms with Crippen LogP contribution in [0.25, 0.3) is 5.69 Å². The maximum absolute atomic E-state index is 12.7. The van der Waals surface area contributed by atoms with E-state index >= 15 is 0 Å². The first-order valence-electron chi connectivity index (χ1n) is 12.3. The number of aromatic nitrogens is 2. The lowest BCUT2D eigenvalue weighted by Gasteiger charge is -2.30. The molecule has 3 rings (SSSR count). The number of anilines is 1. The second kappa shape index (κ2) is 12.6. The average molecular weight is 499 g/mol. The minimum atomic E-state index is -1.03. The van der Waals surface area contributed by atoms with Crippen molar-refractivity contribution >= 4 is 18.1 Å². The number of nitrogens with one attached hydrogen (secondary N) is 2. The fourth-order valence-electron chi connectivity index (χ4n) is 4.13. The van der Waals surface area contributed by atoms with Crippen molar-refractivity contribution < 1.29 is 9.59 Å². The molecule has 2 amide bonds. The summed E-state index contributed by atoms with van der Waals surface area (Å²) >= 11 is 0. The molecular weight excluding hydrogens is 460 g/mol. The fraction of sp³-hybridized carbons (Fsp3) is 0.520. The van der Waals surface area contributed by atoms with Gasteiger partial charge < -0.3 is 27.0 Å². The zero-order valence-corrected chi connectivity index (χ0v) is 21.2. The minimum Gasteiger partial charge on any atom is -0.368 e. The largest absolute Gasteiger partial charge is 0.368 e. The van der Waals surface area contributed by atoms with E-state index < -0.39 is 11.2 Å². The zero-order valence-electron chi connectivity index (χ0n) is 21.2. The Kier molecular flexibility index (Phi) is 9.57. The molecule has 0 radical (unpaired) electrons. The van der Waals surface area contributed by atoms with Crippen molar-refractivity contribution in [3.05, 3.63) is 52.6 Å². The number of hydrogen-bond acceptors (Lipinski definition) is 8. The molecule has 1 aromatic heterocycles. The smallest absolute Gasteiger partial charge is 0.354 e. The maximum atomic E-state index is 12.7. The van der Waals surface area contributed by atoms with Crippen LogP contribution >= 0.6 is 0 Å². The van der Waals surface area contributed by atoms with Gasteiger partial charge in [-0.15, -0.1) is 0 Å². The monoisotopic (exact) mass is 498 g/mol. The van der Waals surface area contributed by atoms with E-state index in [1.165, 1.54) is 10.1 Å². The van der Waals surface area contributed by atoms with Gasteiger partial charge in [0.1, 0.15) is 5.82 Å². The van der Waals surface area contributed by atoms with E-state index in [2.05, 4.69) is 20.5 Å². The fourth-order valence-corrected chi connectivity index (χ4v) is 4.13. The Labute approximate surface area is 211 Å². The molecule has 0 bridgehead atoms. The van der Waals surface area contributed by atoms with Crippen molar-refractivity contribution in [3.8, 4) is 5.69 Å². The molecule has 36 heavy (non-hydrogen) atoms. The Morgan fingerprint density at radius 1 is 1.17 bits per heavy atom. The maximum Gasteiger partial charge on any atom is 0.354 e. The first-order valence-corrected chi connectivity index (χ1v) is 12.3. The number of benzene rings is 1. The van der Waals surface area contributed by atoms with Crippen LogP contribution in [0.2, 0.25) is 0 Å². The molecule has 6 N–H and O–H groups in total. The lowest BCUT2D eigenvalue weighted by Crippen LogP contribution is -2.53. The quantitative estimate of drug-likeness (QED) is 0.234. The van der Waals surface area contributed by atoms with Gasteiger partial charge >= 0.3 is 5.69 Å². The van der Waals surface area contributed by atoms with Crippen molar-refractivity contribution in [2.24, 2.45) is 11.5 Å². The molecule has 11 heteroatoms. The number of rotatable bonds is 12. The third kappa shape index (κ3) is 7.87. The van der Waals surface area contributed by atoms with Crippen molar-refractivity contribution in [1.29, 1.82) is 0 Å². The van der Waals surface area contributed by atoms with Crippen LogP contribution in [0.4, 0.5) is 5.82 Å². The number of carbonyl (C=O) groups is 2. The van der Waals surface area contributed by atoms with Gasteiger partial charge in [0.2, 0.25) is 12.3 Å². The summed E-state index contributed by atoms with van der Waals surface area (Å²) in [6, 6.07) is 9.95. The van der Waals surface area contributed by atoms with E-state index in [0.29, 0.717) is 44.4 Å². The second-order valence-electron chi connectivity index (χ2n) is 9.76. The van der Waals surface area contributed by atoms with Gasteiger partial charge in [-0.2, -0.15) is 4.98 Å². The summed E-state index contributed by atoms with van der Waals surface area (Å²) in [6.45, 7) is 7.53. The molecule has 0 unspecified atom stereocenters. The molecule has 196 valence electrons. The van der Waals surface area contributed by atoms with Gasteiger partial charge in [-0.25, -0.2) is 4.79 Å². The summed E-state index contributed by atoms with van der Waals surface area (Å²) in [6.07, 6.45) is 4.32. The Hall–Kier alpha value is -3.28.